The number of amides is 1. The summed E-state index contributed by atoms with van der Waals surface area (Å²) in [5.41, 5.74) is 5.34. The van der Waals surface area contributed by atoms with Gasteiger partial charge in [0.05, 0.1) is 16.8 Å². The lowest BCUT2D eigenvalue weighted by atomic mass is 10.1. The molecule has 1 heterocycles. The van der Waals surface area contributed by atoms with Crippen molar-refractivity contribution in [2.24, 2.45) is 0 Å². The van der Waals surface area contributed by atoms with E-state index in [9.17, 15) is 22.4 Å². The summed E-state index contributed by atoms with van der Waals surface area (Å²) < 4.78 is 48.4. The molecule has 0 aromatic heterocycles. The summed E-state index contributed by atoms with van der Waals surface area (Å²) >= 11 is 0. The van der Waals surface area contributed by atoms with Gasteiger partial charge in [-0.15, -0.1) is 0 Å². The summed E-state index contributed by atoms with van der Waals surface area (Å²) in [4.78, 5) is 10.6. The van der Waals surface area contributed by atoms with E-state index in [1.54, 1.807) is 12.1 Å². The number of hydrogen-bond donors (Lipinski definition) is 2. The van der Waals surface area contributed by atoms with Crippen molar-refractivity contribution in [3.05, 3.63) is 59.4 Å². The molecule has 1 aliphatic rings. The first-order chi connectivity index (χ1) is 9.79. The van der Waals surface area contributed by atoms with Gasteiger partial charge in [-0.3, -0.25) is 4.79 Å². The number of nitrogen functional groups attached to an aromatic ring is 1. The van der Waals surface area contributed by atoms with Gasteiger partial charge in [0, 0.05) is 5.69 Å². The molecule has 3 N–H and O–H groups in total. The second kappa shape index (κ2) is 5.43. The summed E-state index contributed by atoms with van der Waals surface area (Å²) in [6, 6.07) is 9.08. The molecule has 0 aliphatic carbocycles. The first-order valence-electron chi connectivity index (χ1n) is 5.81. The molecule has 3 nitrogen and oxygen atoms in total. The Balaban J connectivity index is 0.000000154. The van der Waals surface area contributed by atoms with Gasteiger partial charge in [0.2, 0.25) is 0 Å². The average molecular weight is 298 g/mol. The van der Waals surface area contributed by atoms with Gasteiger partial charge in [-0.05, 0) is 30.3 Å². The van der Waals surface area contributed by atoms with Crippen molar-refractivity contribution in [1.82, 2.24) is 0 Å². The summed E-state index contributed by atoms with van der Waals surface area (Å²) in [5.74, 6) is -0.769. The van der Waals surface area contributed by atoms with E-state index in [2.05, 4.69) is 5.32 Å². The van der Waals surface area contributed by atoms with E-state index in [1.165, 1.54) is 18.2 Å². The lowest BCUT2D eigenvalue weighted by Gasteiger charge is -2.18. The molecule has 1 aliphatic heterocycles. The number of carbonyl (C=O) groups excluding carboxylic acids is 1. The monoisotopic (exact) mass is 298 g/mol. The summed E-state index contributed by atoms with van der Waals surface area (Å²) in [7, 11) is 0. The fourth-order valence-corrected chi connectivity index (χ4v) is 1.70. The average Bonchev–Trinajstić information content (AvgIpc) is 2.37. The number of carbonyl (C=O) groups is 1. The van der Waals surface area contributed by atoms with E-state index in [0.29, 0.717) is 5.69 Å². The number of alkyl halides is 3. The van der Waals surface area contributed by atoms with Crippen molar-refractivity contribution in [3.8, 4) is 0 Å². The number of nitrogens with one attached hydrogen (secondary N) is 1. The van der Waals surface area contributed by atoms with Gasteiger partial charge in [-0.25, -0.2) is 4.39 Å². The molecule has 0 saturated carbocycles. The van der Waals surface area contributed by atoms with E-state index in [4.69, 9.17) is 5.73 Å². The first kappa shape index (κ1) is 14.8. The third-order valence-corrected chi connectivity index (χ3v) is 2.70. The Kier molecular flexibility index (Phi) is 3.84. The largest absolute Gasteiger partial charge is 0.416 e. The predicted octanol–water partition coefficient (Wildman–Crippen LogP) is 3.68. The van der Waals surface area contributed by atoms with Crippen LogP contribution in [0.5, 0.6) is 0 Å². The molecule has 2 aromatic carbocycles. The zero-order valence-corrected chi connectivity index (χ0v) is 10.5. The fourth-order valence-electron chi connectivity index (χ4n) is 1.70. The number of rotatable bonds is 0. The number of fused-ring (bicyclic) bond motifs is 1. The van der Waals surface area contributed by atoms with Gasteiger partial charge < -0.3 is 11.1 Å². The van der Waals surface area contributed by atoms with Gasteiger partial charge in [0.1, 0.15) is 5.82 Å². The van der Waals surface area contributed by atoms with Gasteiger partial charge in [-0.2, -0.15) is 13.2 Å². The molecule has 0 unspecified atom stereocenters. The molecule has 0 fully saturated rings. The molecular weight excluding hydrogens is 288 g/mol. The maximum atomic E-state index is 12.6. The summed E-state index contributed by atoms with van der Waals surface area (Å²) in [6.07, 6.45) is -4.30. The highest BCUT2D eigenvalue weighted by Gasteiger charge is 2.30. The van der Waals surface area contributed by atoms with Gasteiger partial charge in [0.15, 0.2) is 0 Å². The number of benzene rings is 2. The van der Waals surface area contributed by atoms with Crippen molar-refractivity contribution in [3.63, 3.8) is 0 Å². The normalized spacial score (nSPS) is 12.5. The van der Waals surface area contributed by atoms with Crippen LogP contribution in [0.4, 0.5) is 28.9 Å². The minimum Gasteiger partial charge on any atom is -0.399 e. The van der Waals surface area contributed by atoms with Crippen molar-refractivity contribution in [2.75, 3.05) is 11.1 Å². The Morgan fingerprint density at radius 1 is 1.05 bits per heavy atom. The van der Waals surface area contributed by atoms with Crippen LogP contribution in [0.2, 0.25) is 0 Å². The highest BCUT2D eigenvalue weighted by Crippen LogP contribution is 2.29. The zero-order valence-electron chi connectivity index (χ0n) is 10.5. The van der Waals surface area contributed by atoms with Crippen LogP contribution in [0, 0.1) is 5.82 Å². The number of anilines is 2. The second-order valence-corrected chi connectivity index (χ2v) is 4.24. The molecule has 2 aromatic rings. The van der Waals surface area contributed by atoms with E-state index >= 15 is 0 Å². The lowest BCUT2D eigenvalue weighted by Crippen LogP contribution is -2.26. The minimum atomic E-state index is -4.30. The molecule has 0 saturated heterocycles. The van der Waals surface area contributed by atoms with Crippen LogP contribution >= 0.6 is 0 Å². The van der Waals surface area contributed by atoms with Crippen LogP contribution in [0.15, 0.2) is 42.5 Å². The van der Waals surface area contributed by atoms with Crippen molar-refractivity contribution >= 4 is 17.3 Å². The molecule has 0 bridgehead atoms. The van der Waals surface area contributed by atoms with Gasteiger partial charge >= 0.3 is 6.18 Å². The maximum absolute atomic E-state index is 12.6. The molecule has 21 heavy (non-hydrogen) atoms. The van der Waals surface area contributed by atoms with Crippen LogP contribution in [0.25, 0.3) is 0 Å². The van der Waals surface area contributed by atoms with E-state index in [-0.39, 0.29) is 17.2 Å². The Morgan fingerprint density at radius 2 is 1.71 bits per heavy atom. The molecule has 0 atom stereocenters. The van der Waals surface area contributed by atoms with Crippen LogP contribution in [-0.4, -0.2) is 5.91 Å². The van der Waals surface area contributed by atoms with Crippen LogP contribution in [0.3, 0.4) is 0 Å². The quantitative estimate of drug-likeness (QED) is 0.576. The smallest absolute Gasteiger partial charge is 0.399 e. The van der Waals surface area contributed by atoms with Crippen molar-refractivity contribution in [2.45, 2.75) is 6.18 Å². The van der Waals surface area contributed by atoms with Crippen LogP contribution < -0.4 is 11.1 Å². The van der Waals surface area contributed by atoms with Crippen LogP contribution in [0.1, 0.15) is 15.9 Å². The second-order valence-electron chi connectivity index (χ2n) is 4.24. The molecule has 7 heteroatoms. The third-order valence-electron chi connectivity index (χ3n) is 2.70. The highest BCUT2D eigenvalue weighted by molar-refractivity contribution is 6.18. The topological polar surface area (TPSA) is 55.1 Å². The Labute approximate surface area is 117 Å². The van der Waals surface area contributed by atoms with E-state index in [0.717, 1.165) is 12.1 Å². The molecule has 0 radical (unpaired) electrons. The maximum Gasteiger partial charge on any atom is 0.416 e. The van der Waals surface area contributed by atoms with Crippen molar-refractivity contribution < 1.29 is 22.4 Å². The third kappa shape index (κ3) is 3.31. The minimum absolute atomic E-state index is 0.125. The predicted molar refractivity (Wildman–Crippen MR) is 70.2 cm³/mol. The lowest BCUT2D eigenvalue weighted by molar-refractivity contribution is -0.137. The van der Waals surface area contributed by atoms with Crippen molar-refractivity contribution in [1.29, 1.82) is 0 Å². The SMILES string of the molecule is Nc1cccc(C(F)(F)F)c1.O=C1Nc2cccc(F)c21. The summed E-state index contributed by atoms with van der Waals surface area (Å²) in [5, 5.41) is 2.45. The molecule has 0 spiro atoms. The standard InChI is InChI=1S/C7H6F3N.C7H4FNO/c8-7(9,10)5-2-1-3-6(11)4-5;8-4-2-1-3-5-6(4)7(10)9-5/h1-4H,11H2;1-3H,(H,9,10). The first-order valence-corrected chi connectivity index (χ1v) is 5.81. The van der Waals surface area contributed by atoms with Gasteiger partial charge in [0.25, 0.3) is 5.91 Å². The molecule has 1 amide bonds. The molecular formula is C14H10F4N2O. The zero-order chi connectivity index (χ0) is 15.6. The number of halogens is 4. The number of nitrogens with two attached hydrogens (primary N) is 1. The Hall–Kier alpha value is -2.57. The van der Waals surface area contributed by atoms with E-state index in [1.807, 2.05) is 0 Å². The number of hydrogen-bond acceptors (Lipinski definition) is 2. The van der Waals surface area contributed by atoms with Gasteiger partial charge in [-0.1, -0.05) is 12.1 Å². The molecule has 3 rings (SSSR count). The fraction of sp³-hybridized carbons (Fsp3) is 0.0714. The van der Waals surface area contributed by atoms with E-state index < -0.39 is 17.6 Å². The summed E-state index contributed by atoms with van der Waals surface area (Å²) in [6.45, 7) is 0. The van der Waals surface area contributed by atoms with Crippen LogP contribution in [-0.2, 0) is 6.18 Å². The molecule has 110 valence electrons. The Bertz CT molecular complexity index is 669. The highest BCUT2D eigenvalue weighted by atomic mass is 19.4. The Morgan fingerprint density at radius 3 is 2.14 bits per heavy atom.